The Kier molecular flexibility index (Phi) is 10.2. The quantitative estimate of drug-likeness (QED) is 0.478. The maximum Gasteiger partial charge on any atom is 0.490 e. The molecule has 2 aliphatic rings. The lowest BCUT2D eigenvalue weighted by Crippen LogP contribution is -2.33. The van der Waals surface area contributed by atoms with Gasteiger partial charge in [0.1, 0.15) is 0 Å². The third-order valence-electron chi connectivity index (χ3n) is 5.00. The van der Waals surface area contributed by atoms with Gasteiger partial charge in [-0.05, 0) is 17.9 Å². The number of carboxylic acid groups (broad SMARTS) is 2. The molecule has 206 valence electrons. The fourth-order valence-electron chi connectivity index (χ4n) is 3.48. The van der Waals surface area contributed by atoms with E-state index in [0.29, 0.717) is 12.6 Å². The van der Waals surface area contributed by atoms with Gasteiger partial charge in [0.05, 0.1) is 30.6 Å². The van der Waals surface area contributed by atoms with Crippen LogP contribution in [0.25, 0.3) is 0 Å². The number of carboxylic acids is 2. The molecule has 3 N–H and O–H groups in total. The molecule has 2 saturated heterocycles. The summed E-state index contributed by atoms with van der Waals surface area (Å²) in [7, 11) is 0. The lowest BCUT2D eigenvalue weighted by molar-refractivity contribution is -0.193. The topological polar surface area (TPSA) is 125 Å². The van der Waals surface area contributed by atoms with Gasteiger partial charge in [-0.15, -0.1) is 11.3 Å². The molecule has 37 heavy (non-hydrogen) atoms. The van der Waals surface area contributed by atoms with Crippen molar-refractivity contribution in [2.75, 3.05) is 25.0 Å². The van der Waals surface area contributed by atoms with Crippen LogP contribution in [0, 0.1) is 5.82 Å². The van der Waals surface area contributed by atoms with Gasteiger partial charge in [0.2, 0.25) is 5.95 Å². The number of hydrogen-bond donors (Lipinski definition) is 3. The first kappa shape index (κ1) is 30.2. The maximum absolute atomic E-state index is 12.9. The zero-order valence-electron chi connectivity index (χ0n) is 18.7. The van der Waals surface area contributed by atoms with Crippen molar-refractivity contribution < 1.29 is 55.3 Å². The summed E-state index contributed by atoms with van der Waals surface area (Å²) in [6.45, 7) is 3.68. The molecule has 1 spiro atoms. The zero-order chi connectivity index (χ0) is 27.9. The van der Waals surface area contributed by atoms with Crippen LogP contribution in [-0.4, -0.2) is 80.7 Å². The van der Waals surface area contributed by atoms with E-state index in [-0.39, 0.29) is 11.6 Å². The summed E-state index contributed by atoms with van der Waals surface area (Å²) in [4.78, 5) is 29.6. The second kappa shape index (κ2) is 12.5. The van der Waals surface area contributed by atoms with E-state index in [0.717, 1.165) is 32.5 Å². The molecule has 0 radical (unpaired) electrons. The molecule has 2 aromatic rings. The SMILES string of the molecule is Fc1cnc(NC2COC3(CCN(Cc4cccs4)C3)C2)nc1.O=C(O)C(F)(F)F.O=C(O)C(F)(F)F. The van der Waals surface area contributed by atoms with Gasteiger partial charge in [0.15, 0.2) is 5.82 Å². The van der Waals surface area contributed by atoms with E-state index in [1.165, 1.54) is 17.3 Å². The fraction of sp³-hybridized carbons (Fsp3) is 0.500. The van der Waals surface area contributed by atoms with Crippen LogP contribution in [0.5, 0.6) is 0 Å². The van der Waals surface area contributed by atoms with Crippen LogP contribution in [0.1, 0.15) is 17.7 Å². The highest BCUT2D eigenvalue weighted by atomic mass is 32.1. The zero-order valence-corrected chi connectivity index (χ0v) is 19.5. The minimum atomic E-state index is -5.08. The Bertz CT molecular complexity index is 998. The Hall–Kier alpha value is -3.05. The fourth-order valence-corrected chi connectivity index (χ4v) is 4.22. The molecule has 0 aliphatic carbocycles. The highest BCUT2D eigenvalue weighted by molar-refractivity contribution is 7.09. The smallest absolute Gasteiger partial charge is 0.475 e. The molecular weight excluding hydrogens is 541 g/mol. The molecule has 0 amide bonds. The summed E-state index contributed by atoms with van der Waals surface area (Å²) in [6, 6.07) is 4.46. The minimum Gasteiger partial charge on any atom is -0.475 e. The van der Waals surface area contributed by atoms with Crippen LogP contribution in [0.3, 0.4) is 0 Å². The van der Waals surface area contributed by atoms with Gasteiger partial charge in [-0.2, -0.15) is 26.3 Å². The monoisotopic (exact) mass is 562 g/mol. The number of likely N-dealkylation sites (tertiary alicyclic amines) is 1. The summed E-state index contributed by atoms with van der Waals surface area (Å²) in [5, 5.41) is 19.6. The Morgan fingerprint density at radius 3 is 2.19 bits per heavy atom. The molecule has 2 fully saturated rings. The Labute approximate surface area is 208 Å². The molecular formula is C20H21F7N4O5S. The highest BCUT2D eigenvalue weighted by Gasteiger charge is 2.45. The second-order valence-electron chi connectivity index (χ2n) is 7.91. The van der Waals surface area contributed by atoms with Crippen LogP contribution >= 0.6 is 11.3 Å². The Morgan fingerprint density at radius 1 is 1.14 bits per heavy atom. The predicted octanol–water partition coefficient (Wildman–Crippen LogP) is 3.79. The molecule has 17 heteroatoms. The molecule has 2 atom stereocenters. The van der Waals surface area contributed by atoms with E-state index in [9.17, 15) is 30.7 Å². The summed E-state index contributed by atoms with van der Waals surface area (Å²) in [5.41, 5.74) is -0.0606. The molecule has 0 bridgehead atoms. The van der Waals surface area contributed by atoms with Crippen molar-refractivity contribution in [3.63, 3.8) is 0 Å². The van der Waals surface area contributed by atoms with Gasteiger partial charge in [-0.25, -0.2) is 23.9 Å². The third-order valence-corrected chi connectivity index (χ3v) is 5.86. The van der Waals surface area contributed by atoms with Gasteiger partial charge in [0, 0.05) is 30.9 Å². The predicted molar refractivity (Wildman–Crippen MR) is 114 cm³/mol. The van der Waals surface area contributed by atoms with Crippen molar-refractivity contribution in [3.8, 4) is 0 Å². The average Bonchev–Trinajstić information content (AvgIpc) is 3.53. The van der Waals surface area contributed by atoms with E-state index < -0.39 is 30.1 Å². The van der Waals surface area contributed by atoms with Gasteiger partial charge >= 0.3 is 24.3 Å². The molecule has 9 nitrogen and oxygen atoms in total. The van der Waals surface area contributed by atoms with Crippen molar-refractivity contribution in [2.24, 2.45) is 0 Å². The molecule has 2 unspecified atom stereocenters. The lowest BCUT2D eigenvalue weighted by atomic mass is 9.97. The first-order valence-corrected chi connectivity index (χ1v) is 11.2. The van der Waals surface area contributed by atoms with Crippen molar-refractivity contribution in [3.05, 3.63) is 40.6 Å². The van der Waals surface area contributed by atoms with Gasteiger partial charge in [0.25, 0.3) is 0 Å². The average molecular weight is 562 g/mol. The normalized spacial score (nSPS) is 21.5. The number of nitrogens with zero attached hydrogens (tertiary/aromatic N) is 3. The van der Waals surface area contributed by atoms with Gasteiger partial charge in [-0.1, -0.05) is 6.07 Å². The second-order valence-corrected chi connectivity index (χ2v) is 8.94. The molecule has 4 rings (SSSR count). The highest BCUT2D eigenvalue weighted by Crippen LogP contribution is 2.36. The molecule has 2 aliphatic heterocycles. The van der Waals surface area contributed by atoms with Crippen LogP contribution in [0.4, 0.5) is 36.7 Å². The Balaban J connectivity index is 0.000000286. The minimum absolute atomic E-state index is 0.0606. The number of aliphatic carboxylic acids is 2. The number of ether oxygens (including phenoxy) is 1. The number of nitrogens with one attached hydrogen (secondary N) is 1. The summed E-state index contributed by atoms with van der Waals surface area (Å²) in [6.07, 6.45) is -5.81. The van der Waals surface area contributed by atoms with Crippen molar-refractivity contribution >= 4 is 29.2 Å². The van der Waals surface area contributed by atoms with E-state index in [4.69, 9.17) is 24.5 Å². The summed E-state index contributed by atoms with van der Waals surface area (Å²) < 4.78 is 82.5. The molecule has 4 heterocycles. The number of thiophene rings is 1. The van der Waals surface area contributed by atoms with Crippen molar-refractivity contribution in [2.45, 2.75) is 43.4 Å². The van der Waals surface area contributed by atoms with Crippen molar-refractivity contribution in [1.29, 1.82) is 0 Å². The van der Waals surface area contributed by atoms with E-state index in [2.05, 4.69) is 37.7 Å². The van der Waals surface area contributed by atoms with Crippen LogP contribution in [-0.2, 0) is 20.9 Å². The number of alkyl halides is 6. The molecule has 0 saturated carbocycles. The largest absolute Gasteiger partial charge is 0.490 e. The number of rotatable bonds is 4. The first-order valence-electron chi connectivity index (χ1n) is 10.3. The lowest BCUT2D eigenvalue weighted by Gasteiger charge is -2.23. The van der Waals surface area contributed by atoms with E-state index in [1.54, 1.807) is 11.3 Å². The van der Waals surface area contributed by atoms with Gasteiger partial charge < -0.3 is 20.3 Å². The van der Waals surface area contributed by atoms with Crippen molar-refractivity contribution in [1.82, 2.24) is 14.9 Å². The third kappa shape index (κ3) is 10.1. The van der Waals surface area contributed by atoms with E-state index >= 15 is 0 Å². The summed E-state index contributed by atoms with van der Waals surface area (Å²) >= 11 is 1.80. The van der Waals surface area contributed by atoms with Crippen LogP contribution in [0.15, 0.2) is 29.9 Å². The first-order chi connectivity index (χ1) is 17.1. The van der Waals surface area contributed by atoms with Gasteiger partial charge in [-0.3, -0.25) is 4.90 Å². The maximum atomic E-state index is 12.9. The molecule has 0 aromatic carbocycles. The molecule has 2 aromatic heterocycles. The van der Waals surface area contributed by atoms with E-state index in [1.807, 2.05) is 0 Å². The summed E-state index contributed by atoms with van der Waals surface area (Å²) in [5.74, 6) is -5.47. The number of carbonyl (C=O) groups is 2. The number of halogens is 7. The van der Waals surface area contributed by atoms with Crippen LogP contribution < -0.4 is 5.32 Å². The standard InChI is InChI=1S/C16H19FN4OS.2C2HF3O2/c17-12-7-18-15(19-8-12)20-13-6-16(22-10-13)3-4-21(11-16)9-14-2-1-5-23-14;2*3-2(4,5)1(6)7/h1-2,5,7-8,13H,3-4,6,9-11H2,(H,18,19,20);2*(H,6,7). The number of aromatic nitrogens is 2. The Morgan fingerprint density at radius 2 is 1.70 bits per heavy atom. The number of hydrogen-bond acceptors (Lipinski definition) is 8. The van der Waals surface area contributed by atoms with Crippen LogP contribution in [0.2, 0.25) is 0 Å². The number of anilines is 1.